The van der Waals surface area contributed by atoms with E-state index in [1.807, 2.05) is 24.3 Å². The molecule has 0 unspecified atom stereocenters. The zero-order valence-corrected chi connectivity index (χ0v) is 11.2. The highest BCUT2D eigenvalue weighted by molar-refractivity contribution is 5.87. The highest BCUT2D eigenvalue weighted by Gasteiger charge is 1.95. The molecular weight excluding hydrogens is 222 g/mol. The Hall–Kier alpha value is -1.57. The minimum atomic E-state index is 0.0161. The Morgan fingerprint density at radius 1 is 1.22 bits per heavy atom. The molecular formula is C16H23NO. The largest absolute Gasteiger partial charge is 0.352 e. The van der Waals surface area contributed by atoms with Crippen molar-refractivity contribution in [1.29, 1.82) is 0 Å². The minimum Gasteiger partial charge on any atom is -0.352 e. The summed E-state index contributed by atoms with van der Waals surface area (Å²) in [7, 11) is 0. The topological polar surface area (TPSA) is 29.1 Å². The van der Waals surface area contributed by atoms with E-state index in [1.165, 1.54) is 24.8 Å². The summed E-state index contributed by atoms with van der Waals surface area (Å²) >= 11 is 0. The molecule has 98 valence electrons. The third kappa shape index (κ3) is 6.89. The average Bonchev–Trinajstić information content (AvgIpc) is 2.40. The van der Waals surface area contributed by atoms with E-state index >= 15 is 0 Å². The predicted octanol–water partition coefficient (Wildman–Crippen LogP) is 3.48. The van der Waals surface area contributed by atoms with Gasteiger partial charge in [0, 0.05) is 6.54 Å². The van der Waals surface area contributed by atoms with E-state index in [9.17, 15) is 4.79 Å². The first-order chi connectivity index (χ1) is 8.83. The van der Waals surface area contributed by atoms with Crippen molar-refractivity contribution in [2.24, 2.45) is 0 Å². The van der Waals surface area contributed by atoms with Crippen molar-refractivity contribution in [2.75, 3.05) is 6.54 Å². The Labute approximate surface area is 110 Å². The third-order valence-corrected chi connectivity index (χ3v) is 2.80. The highest BCUT2D eigenvalue weighted by atomic mass is 16.1. The van der Waals surface area contributed by atoms with Gasteiger partial charge in [0.15, 0.2) is 0 Å². The van der Waals surface area contributed by atoms with Crippen LogP contribution in [0.2, 0.25) is 0 Å². The molecule has 0 aliphatic rings. The van der Waals surface area contributed by atoms with Crippen molar-refractivity contribution in [1.82, 2.24) is 5.32 Å². The third-order valence-electron chi connectivity index (χ3n) is 2.80. The molecule has 2 nitrogen and oxygen atoms in total. The number of rotatable bonds is 8. The summed E-state index contributed by atoms with van der Waals surface area (Å²) in [5.41, 5.74) is 1.25. The summed E-state index contributed by atoms with van der Waals surface area (Å²) in [6.45, 7) is 2.88. The van der Waals surface area contributed by atoms with Crippen LogP contribution >= 0.6 is 0 Å². The van der Waals surface area contributed by atoms with Crippen molar-refractivity contribution in [3.05, 3.63) is 48.0 Å². The fourth-order valence-electron chi connectivity index (χ4n) is 1.74. The van der Waals surface area contributed by atoms with E-state index in [4.69, 9.17) is 0 Å². The van der Waals surface area contributed by atoms with Gasteiger partial charge in [-0.3, -0.25) is 4.79 Å². The maximum absolute atomic E-state index is 11.5. The zero-order valence-electron chi connectivity index (χ0n) is 11.2. The lowest BCUT2D eigenvalue weighted by molar-refractivity contribution is -0.116. The molecule has 0 radical (unpaired) electrons. The summed E-state index contributed by atoms with van der Waals surface area (Å²) in [5.74, 6) is 0.0161. The Bertz CT molecular complexity index is 357. The Morgan fingerprint density at radius 3 is 2.72 bits per heavy atom. The van der Waals surface area contributed by atoms with E-state index in [-0.39, 0.29) is 5.91 Å². The molecule has 0 heterocycles. The van der Waals surface area contributed by atoms with E-state index in [0.717, 1.165) is 12.8 Å². The molecule has 0 atom stereocenters. The van der Waals surface area contributed by atoms with E-state index in [0.29, 0.717) is 6.54 Å². The number of carbonyl (C=O) groups excluding carboxylic acids is 1. The number of carbonyl (C=O) groups is 1. The van der Waals surface area contributed by atoms with Gasteiger partial charge >= 0.3 is 0 Å². The van der Waals surface area contributed by atoms with Gasteiger partial charge in [0.05, 0.1) is 0 Å². The lowest BCUT2D eigenvalue weighted by Crippen LogP contribution is -2.23. The van der Waals surface area contributed by atoms with Crippen LogP contribution in [0.25, 0.3) is 0 Å². The standard InChI is InChI=1S/C16H23NO/c1-2-3-4-5-9-12-16(18)17-14-13-15-10-7-6-8-11-15/h6-12H,2-5,13-14H2,1H3,(H,17,18)/b12-9+. The van der Waals surface area contributed by atoms with Gasteiger partial charge in [-0.05, 0) is 30.9 Å². The average molecular weight is 245 g/mol. The summed E-state index contributed by atoms with van der Waals surface area (Å²) in [6.07, 6.45) is 9.13. The van der Waals surface area contributed by atoms with Crippen LogP contribution in [0.4, 0.5) is 0 Å². The molecule has 1 aromatic carbocycles. The molecule has 0 saturated carbocycles. The van der Waals surface area contributed by atoms with Crippen LogP contribution in [0.1, 0.15) is 38.2 Å². The molecule has 1 aromatic rings. The summed E-state index contributed by atoms with van der Waals surface area (Å²) < 4.78 is 0. The maximum Gasteiger partial charge on any atom is 0.243 e. The number of benzene rings is 1. The van der Waals surface area contributed by atoms with E-state index < -0.39 is 0 Å². The second-order valence-corrected chi connectivity index (χ2v) is 4.42. The van der Waals surface area contributed by atoms with Crippen molar-refractivity contribution < 1.29 is 4.79 Å². The molecule has 0 aromatic heterocycles. The lowest BCUT2D eigenvalue weighted by atomic mass is 10.1. The highest BCUT2D eigenvalue weighted by Crippen LogP contribution is 2.00. The summed E-state index contributed by atoms with van der Waals surface area (Å²) in [4.78, 5) is 11.5. The molecule has 0 fully saturated rings. The van der Waals surface area contributed by atoms with Gasteiger partial charge in [0.25, 0.3) is 0 Å². The lowest BCUT2D eigenvalue weighted by Gasteiger charge is -2.02. The minimum absolute atomic E-state index is 0.0161. The SMILES string of the molecule is CCCCC/C=C/C(=O)NCCc1ccccc1. The maximum atomic E-state index is 11.5. The molecule has 0 aliphatic heterocycles. The van der Waals surface area contributed by atoms with Crippen LogP contribution in [0.3, 0.4) is 0 Å². The molecule has 0 spiro atoms. The van der Waals surface area contributed by atoms with Gasteiger partial charge in [0.2, 0.25) is 5.91 Å². The number of allylic oxidation sites excluding steroid dienone is 1. The van der Waals surface area contributed by atoms with Gasteiger partial charge in [0.1, 0.15) is 0 Å². The predicted molar refractivity (Wildman–Crippen MR) is 76.4 cm³/mol. The molecule has 0 saturated heterocycles. The van der Waals surface area contributed by atoms with E-state index in [1.54, 1.807) is 6.08 Å². The van der Waals surface area contributed by atoms with Crippen LogP contribution in [0.15, 0.2) is 42.5 Å². The zero-order chi connectivity index (χ0) is 13.1. The first kappa shape index (κ1) is 14.5. The smallest absolute Gasteiger partial charge is 0.243 e. The second kappa shape index (κ2) is 9.46. The van der Waals surface area contributed by atoms with Crippen LogP contribution < -0.4 is 5.32 Å². The summed E-state index contributed by atoms with van der Waals surface area (Å²) in [5, 5.41) is 2.90. The quantitative estimate of drug-likeness (QED) is 0.551. The molecule has 18 heavy (non-hydrogen) atoms. The van der Waals surface area contributed by atoms with Gasteiger partial charge in [-0.15, -0.1) is 0 Å². The second-order valence-electron chi connectivity index (χ2n) is 4.42. The number of unbranched alkanes of at least 4 members (excludes halogenated alkanes) is 3. The molecule has 2 heteroatoms. The van der Waals surface area contributed by atoms with Crippen LogP contribution in [0, 0.1) is 0 Å². The van der Waals surface area contributed by atoms with Gasteiger partial charge in [-0.1, -0.05) is 56.2 Å². The van der Waals surface area contributed by atoms with Gasteiger partial charge in [-0.2, -0.15) is 0 Å². The molecule has 1 amide bonds. The first-order valence-electron chi connectivity index (χ1n) is 6.81. The first-order valence-corrected chi connectivity index (χ1v) is 6.81. The number of amides is 1. The van der Waals surface area contributed by atoms with Crippen molar-refractivity contribution in [3.8, 4) is 0 Å². The van der Waals surface area contributed by atoms with Crippen molar-refractivity contribution >= 4 is 5.91 Å². The number of hydrogen-bond acceptors (Lipinski definition) is 1. The van der Waals surface area contributed by atoms with Gasteiger partial charge in [-0.25, -0.2) is 0 Å². The van der Waals surface area contributed by atoms with E-state index in [2.05, 4.69) is 24.4 Å². The van der Waals surface area contributed by atoms with Crippen LogP contribution in [-0.4, -0.2) is 12.5 Å². The fraction of sp³-hybridized carbons (Fsp3) is 0.438. The normalized spacial score (nSPS) is 10.7. The van der Waals surface area contributed by atoms with Crippen molar-refractivity contribution in [2.45, 2.75) is 39.0 Å². The Kier molecular flexibility index (Phi) is 7.61. The molecule has 0 aliphatic carbocycles. The monoisotopic (exact) mass is 245 g/mol. The number of nitrogens with one attached hydrogen (secondary N) is 1. The van der Waals surface area contributed by atoms with Crippen molar-refractivity contribution in [3.63, 3.8) is 0 Å². The Morgan fingerprint density at radius 2 is 2.00 bits per heavy atom. The van der Waals surface area contributed by atoms with Crippen LogP contribution in [0.5, 0.6) is 0 Å². The number of hydrogen-bond donors (Lipinski definition) is 1. The molecule has 0 bridgehead atoms. The molecule has 1 N–H and O–H groups in total. The summed E-state index contributed by atoms with van der Waals surface area (Å²) in [6, 6.07) is 10.2. The Balaban J connectivity index is 2.10. The fourth-order valence-corrected chi connectivity index (χ4v) is 1.74. The molecule has 1 rings (SSSR count). The van der Waals surface area contributed by atoms with Gasteiger partial charge < -0.3 is 5.32 Å². The van der Waals surface area contributed by atoms with Crippen LogP contribution in [-0.2, 0) is 11.2 Å².